The molecule has 0 bridgehead atoms. The van der Waals surface area contributed by atoms with Gasteiger partial charge in [0.25, 0.3) is 0 Å². The minimum absolute atomic E-state index is 0.0140. The van der Waals surface area contributed by atoms with E-state index in [0.717, 1.165) is 11.8 Å². The fourth-order valence-corrected chi connectivity index (χ4v) is 12.0. The zero-order chi connectivity index (χ0) is 78.4. The number of carboxylic acids is 1. The van der Waals surface area contributed by atoms with Crippen molar-refractivity contribution < 1.29 is 77.3 Å². The fraction of sp³-hybridized carbons (Fsp3) is 0.561. The molecule has 39 nitrogen and oxygen atoms in total. The molecule has 40 heteroatoms. The smallest absolute Gasteiger partial charge is 0.305 e. The lowest BCUT2D eigenvalue weighted by Crippen LogP contribution is -2.60. The number of aromatic hydroxyl groups is 1. The number of amides is 13. The van der Waals surface area contributed by atoms with Crippen LogP contribution in [0.15, 0.2) is 69.6 Å². The Bertz CT molecular complexity index is 3430. The van der Waals surface area contributed by atoms with Gasteiger partial charge in [-0.2, -0.15) is 0 Å². The minimum atomic E-state index is -1.92. The van der Waals surface area contributed by atoms with E-state index in [1.807, 2.05) is 0 Å². The number of carboxylic acid groups (broad SMARTS) is 1. The number of carbonyl (C=O) groups excluding carboxylic acids is 13. The zero-order valence-corrected chi connectivity index (χ0v) is 60.3. The van der Waals surface area contributed by atoms with Crippen molar-refractivity contribution in [3.63, 3.8) is 0 Å². The maximum absolute atomic E-state index is 15.1. The first-order valence-electron chi connectivity index (χ1n) is 34.7. The molecular weight excluding hydrogens is 1400 g/mol. The Morgan fingerprint density at radius 1 is 0.509 bits per heavy atom. The predicted octanol–water partition coefficient (Wildman–Crippen LogP) is -7.19. The van der Waals surface area contributed by atoms with Gasteiger partial charge in [-0.1, -0.05) is 56.3 Å². The van der Waals surface area contributed by atoms with Crippen molar-refractivity contribution in [2.45, 2.75) is 171 Å². The summed E-state index contributed by atoms with van der Waals surface area (Å²) in [7, 11) is 0. The second kappa shape index (κ2) is 45.9. The van der Waals surface area contributed by atoms with Gasteiger partial charge in [0.1, 0.15) is 66.2 Å². The normalized spacial score (nSPS) is 23.0. The minimum Gasteiger partial charge on any atom is -0.508 e. The fourth-order valence-electron chi connectivity index (χ4n) is 11.2. The van der Waals surface area contributed by atoms with Gasteiger partial charge in [0.15, 0.2) is 17.9 Å². The largest absolute Gasteiger partial charge is 0.508 e. The monoisotopic (exact) mass is 1510 g/mol. The van der Waals surface area contributed by atoms with E-state index < -0.39 is 168 Å². The standard InChI is InChI=1S/C66H103N23O16S/c1-36(2)28-44-58(100)83-42(16-9-25-76-65(71)72)57(99)87-46(29-37-12-4-3-5-13-37)60(102)85-43(17-10-26-77-66(73)74)63(105)89-27-11-18-49(89)62(104)84-41(14-6-7-23-67)56(98)88-47(31-53(94)95)61(103)82-40(15-8-24-75-64(69)70)55(97)79-32-50(91)78-33-51(92)81-48(54(68)96)34-106-35-52(93)80-45(59(101)86-44)30-38-19-21-39(90)22-20-38/h3-5,12-13,19-22,36,40-49,90H,6-11,14-18,23-35,67H2,1-2H3,(H2,68,96)(H,78,91)(H,79,97)(H,80,93)(H,81,92)(H,82,103)(H,83,100)(H,84,104)(H,85,102)(H,86,101)(H,87,99)(H,88,98)(H,94,95)(H4,69,70,75)(H4,71,72,76)(H4,73,74,77)/t40-,41-,42+,43-,44-,45-,46-,47-,48-,49-/m0/s1. The van der Waals surface area contributed by atoms with Gasteiger partial charge in [0, 0.05) is 44.8 Å². The van der Waals surface area contributed by atoms with Crippen LogP contribution in [0, 0.1) is 5.92 Å². The number of nitrogens with one attached hydrogen (secondary N) is 11. The van der Waals surface area contributed by atoms with Crippen LogP contribution >= 0.6 is 11.8 Å². The van der Waals surface area contributed by atoms with Crippen LogP contribution in [0.5, 0.6) is 5.75 Å². The third-order valence-electron chi connectivity index (χ3n) is 16.5. The summed E-state index contributed by atoms with van der Waals surface area (Å²) < 4.78 is 0. The Morgan fingerprint density at radius 2 is 0.962 bits per heavy atom. The highest BCUT2D eigenvalue weighted by molar-refractivity contribution is 8.00. The van der Waals surface area contributed by atoms with Crippen molar-refractivity contribution in [3.05, 3.63) is 65.7 Å². The molecule has 0 spiro atoms. The molecule has 2 fully saturated rings. The molecule has 0 aromatic heterocycles. The highest BCUT2D eigenvalue weighted by atomic mass is 32.2. The Labute approximate surface area is 616 Å². The summed E-state index contributed by atoms with van der Waals surface area (Å²) in [6, 6.07) is -0.884. The molecule has 0 aliphatic carbocycles. The van der Waals surface area contributed by atoms with Crippen molar-refractivity contribution in [3.8, 4) is 5.75 Å². The highest BCUT2D eigenvalue weighted by Gasteiger charge is 2.41. The van der Waals surface area contributed by atoms with Crippen LogP contribution < -0.4 is 104 Å². The van der Waals surface area contributed by atoms with Gasteiger partial charge in [0.05, 0.1) is 25.3 Å². The van der Waals surface area contributed by atoms with E-state index in [1.165, 1.54) is 29.2 Å². The second-order valence-electron chi connectivity index (χ2n) is 25.7. The number of nitrogens with two attached hydrogens (primary N) is 8. The summed E-state index contributed by atoms with van der Waals surface area (Å²) in [5.74, 6) is -15.8. The number of carbonyl (C=O) groups is 14. The topological polar surface area (TPSA) is 660 Å². The molecule has 2 heterocycles. The van der Waals surface area contributed by atoms with Crippen molar-refractivity contribution in [1.29, 1.82) is 0 Å². The number of aliphatic imine (C=N–C) groups is 3. The lowest BCUT2D eigenvalue weighted by atomic mass is 10.00. The van der Waals surface area contributed by atoms with Gasteiger partial charge in [-0.15, -0.1) is 11.8 Å². The first kappa shape index (κ1) is 87.3. The average Bonchev–Trinajstić information content (AvgIpc) is 1.61. The lowest BCUT2D eigenvalue weighted by molar-refractivity contribution is -0.143. The van der Waals surface area contributed by atoms with Crippen LogP contribution in [0.4, 0.5) is 0 Å². The molecule has 106 heavy (non-hydrogen) atoms. The number of benzene rings is 2. The lowest BCUT2D eigenvalue weighted by Gasteiger charge is -2.31. The van der Waals surface area contributed by atoms with E-state index in [0.29, 0.717) is 17.5 Å². The van der Waals surface area contributed by atoms with E-state index in [4.69, 9.17) is 45.9 Å². The van der Waals surface area contributed by atoms with Crippen LogP contribution in [0.2, 0.25) is 0 Å². The number of hydrogen-bond acceptors (Lipinski definition) is 20. The van der Waals surface area contributed by atoms with Gasteiger partial charge < -0.3 is 119 Å². The number of phenolic OH excluding ortho intramolecular Hbond substituents is 1. The number of primary amides is 1. The van der Waals surface area contributed by atoms with E-state index in [2.05, 4.69) is 73.5 Å². The second-order valence-corrected chi connectivity index (χ2v) is 26.7. The molecule has 584 valence electrons. The number of rotatable bonds is 25. The molecule has 29 N–H and O–H groups in total. The van der Waals surface area contributed by atoms with Crippen molar-refractivity contribution in [2.24, 2.45) is 66.8 Å². The molecular formula is C66H103N23O16S. The molecule has 2 aliphatic rings. The third kappa shape index (κ3) is 32.7. The molecule has 10 atom stereocenters. The number of thioether (sulfide) groups is 1. The molecule has 2 aromatic rings. The number of hydrogen-bond donors (Lipinski definition) is 21. The van der Waals surface area contributed by atoms with Crippen molar-refractivity contribution in [2.75, 3.05) is 57.3 Å². The van der Waals surface area contributed by atoms with Crippen LogP contribution in [-0.4, -0.2) is 233 Å². The molecule has 0 unspecified atom stereocenters. The molecule has 0 saturated carbocycles. The van der Waals surface area contributed by atoms with E-state index >= 15 is 9.59 Å². The Morgan fingerprint density at radius 3 is 1.50 bits per heavy atom. The molecule has 2 saturated heterocycles. The van der Waals surface area contributed by atoms with E-state index in [1.54, 1.807) is 44.2 Å². The maximum Gasteiger partial charge on any atom is 0.305 e. The van der Waals surface area contributed by atoms with Gasteiger partial charge in [0.2, 0.25) is 76.8 Å². The molecule has 2 aromatic carbocycles. The van der Waals surface area contributed by atoms with Crippen LogP contribution in [0.25, 0.3) is 0 Å². The van der Waals surface area contributed by atoms with Gasteiger partial charge in [-0.25, -0.2) is 0 Å². The van der Waals surface area contributed by atoms with E-state index in [-0.39, 0.29) is 151 Å². The first-order chi connectivity index (χ1) is 50.3. The Hall–Kier alpha value is -11.1. The molecule has 0 radical (unpaired) electrons. The quantitative estimate of drug-likeness (QED) is 0.0249. The Balaban J connectivity index is 1.85. The number of phenols is 1. The van der Waals surface area contributed by atoms with Crippen molar-refractivity contribution in [1.82, 2.24) is 63.4 Å². The van der Waals surface area contributed by atoms with Gasteiger partial charge in [-0.05, 0) is 113 Å². The third-order valence-corrected chi connectivity index (χ3v) is 17.5. The average molecular weight is 1510 g/mol. The number of fused-ring (bicyclic) bond motifs is 1. The SMILES string of the molecule is CC(C)C[C@@H]1NC(=O)[C@H](Cc2ccc(O)cc2)NC(=O)CSC[C@@H](C(N)=O)NC(=O)CNC(=O)CNC(=O)[C@H](CCCN=C(N)N)NC(=O)[C@H](CC(=O)O)NC(=O)[C@H](CCCCN)NC(=O)[C@@H]2CCCN2C(=O)[C@H](CCCN=C(N)N)NC(=O)[C@H](Cc2ccccc2)NC(=O)[C@@H](CCCN=C(N)N)NC1=O. The van der Waals surface area contributed by atoms with Crippen molar-refractivity contribution >= 4 is 112 Å². The van der Waals surface area contributed by atoms with Crippen LogP contribution in [0.1, 0.15) is 108 Å². The highest BCUT2D eigenvalue weighted by Crippen LogP contribution is 2.22. The summed E-state index contributed by atoms with van der Waals surface area (Å²) in [6.07, 6.45) is -1.18. The summed E-state index contributed by atoms with van der Waals surface area (Å²) in [6.45, 7) is 1.90. The number of guanidine groups is 3. The van der Waals surface area contributed by atoms with Gasteiger partial charge >= 0.3 is 5.97 Å². The molecule has 4 rings (SSSR count). The van der Waals surface area contributed by atoms with Crippen LogP contribution in [-0.2, 0) is 80.0 Å². The van der Waals surface area contributed by atoms with E-state index in [9.17, 15) is 67.7 Å². The number of aliphatic carboxylic acids is 1. The number of unbranched alkanes of at least 4 members (excludes halogenated alkanes) is 1. The predicted molar refractivity (Wildman–Crippen MR) is 391 cm³/mol. The Kier molecular flexibility index (Phi) is 37.8. The summed E-state index contributed by atoms with van der Waals surface area (Å²) in [5.41, 5.74) is 45.9. The van der Waals surface area contributed by atoms with Gasteiger partial charge in [-0.3, -0.25) is 82.1 Å². The molecule has 13 amide bonds. The summed E-state index contributed by atoms with van der Waals surface area (Å²) in [4.78, 5) is 210. The maximum atomic E-state index is 15.1. The molecule has 2 aliphatic heterocycles. The van der Waals surface area contributed by atoms with Crippen LogP contribution in [0.3, 0.4) is 0 Å². The zero-order valence-electron chi connectivity index (χ0n) is 59.4. The number of nitrogens with zero attached hydrogens (tertiary/aromatic N) is 4. The summed E-state index contributed by atoms with van der Waals surface area (Å²) in [5, 5.41) is 48.1. The first-order valence-corrected chi connectivity index (χ1v) is 35.8. The summed E-state index contributed by atoms with van der Waals surface area (Å²) >= 11 is 0.810.